The number of esters is 1. The molecule has 1 aromatic carbocycles. The predicted molar refractivity (Wildman–Crippen MR) is 79.2 cm³/mol. The molecule has 1 heterocycles. The summed E-state index contributed by atoms with van der Waals surface area (Å²) in [6, 6.07) is 10.2. The summed E-state index contributed by atoms with van der Waals surface area (Å²) >= 11 is 5.75. The van der Waals surface area contributed by atoms with E-state index in [0.29, 0.717) is 5.02 Å². The largest absolute Gasteiger partial charge is 0.618 e. The van der Waals surface area contributed by atoms with E-state index >= 15 is 0 Å². The van der Waals surface area contributed by atoms with Crippen molar-refractivity contribution >= 4 is 27.4 Å². The number of halogens is 1. The maximum Gasteiger partial charge on any atom is 0.338 e. The minimum atomic E-state index is -3.83. The third-order valence-corrected chi connectivity index (χ3v) is 4.65. The molecule has 8 heteroatoms. The fraction of sp³-hybridized carbons (Fsp3) is 0.143. The van der Waals surface area contributed by atoms with Gasteiger partial charge in [-0.05, 0) is 24.3 Å². The lowest BCUT2D eigenvalue weighted by molar-refractivity contribution is -0.646. The minimum absolute atomic E-state index is 0.225. The van der Waals surface area contributed by atoms with Crippen LogP contribution in [0, 0.1) is 5.21 Å². The first-order valence-corrected chi connectivity index (χ1v) is 8.27. The number of hydrogen-bond donors (Lipinski definition) is 0. The van der Waals surface area contributed by atoms with Crippen LogP contribution >= 0.6 is 11.6 Å². The van der Waals surface area contributed by atoms with Crippen molar-refractivity contribution < 1.29 is 22.7 Å². The van der Waals surface area contributed by atoms with Crippen LogP contribution in [0.2, 0.25) is 5.02 Å². The van der Waals surface area contributed by atoms with E-state index in [1.165, 1.54) is 30.3 Å². The summed E-state index contributed by atoms with van der Waals surface area (Å²) in [6.45, 7) is -0.359. The number of nitrogens with zero attached hydrogens (tertiary/aromatic N) is 1. The Bertz CT molecular complexity index is 791. The van der Waals surface area contributed by atoms with Crippen molar-refractivity contribution in [2.45, 2.75) is 5.03 Å². The van der Waals surface area contributed by atoms with Gasteiger partial charge in [0.15, 0.2) is 6.20 Å². The lowest BCUT2D eigenvalue weighted by Crippen LogP contribution is -2.34. The van der Waals surface area contributed by atoms with Crippen LogP contribution in [0.3, 0.4) is 0 Å². The molecule has 0 saturated carbocycles. The van der Waals surface area contributed by atoms with Crippen LogP contribution in [0.15, 0.2) is 53.7 Å². The van der Waals surface area contributed by atoms with Gasteiger partial charge in [-0.3, -0.25) is 0 Å². The van der Waals surface area contributed by atoms with E-state index in [0.717, 1.165) is 6.20 Å². The Hall–Kier alpha value is -2.12. The van der Waals surface area contributed by atoms with E-state index in [1.807, 2.05) is 0 Å². The van der Waals surface area contributed by atoms with Gasteiger partial charge < -0.3 is 9.94 Å². The summed E-state index contributed by atoms with van der Waals surface area (Å²) in [5.74, 6) is -1.16. The molecule has 0 spiro atoms. The topological polar surface area (TPSA) is 87.4 Å². The molecular weight excluding hydrogens is 330 g/mol. The first-order chi connectivity index (χ1) is 10.4. The number of carbonyl (C=O) groups is 1. The van der Waals surface area contributed by atoms with Gasteiger partial charge in [-0.15, -0.1) is 0 Å². The van der Waals surface area contributed by atoms with E-state index in [1.54, 1.807) is 12.1 Å². The number of carbonyl (C=O) groups excluding carboxylic acids is 1. The standard InChI is InChI=1S/C14H12ClNO5S/c15-12-5-3-4-11(10-12)14(17)21-8-9-22(19,20)13-6-1-2-7-16(13)18/h1-7,10H,8-9H2. The molecule has 6 nitrogen and oxygen atoms in total. The van der Waals surface area contributed by atoms with Crippen molar-refractivity contribution in [1.82, 2.24) is 0 Å². The molecule has 0 unspecified atom stereocenters. The number of ether oxygens (including phenoxy) is 1. The van der Waals surface area contributed by atoms with E-state index in [-0.39, 0.29) is 21.9 Å². The fourth-order valence-electron chi connectivity index (χ4n) is 1.70. The van der Waals surface area contributed by atoms with Gasteiger partial charge in [0, 0.05) is 17.2 Å². The molecule has 0 atom stereocenters. The average molecular weight is 342 g/mol. The second-order valence-corrected chi connectivity index (χ2v) is 6.82. The van der Waals surface area contributed by atoms with Crippen LogP contribution in [0.25, 0.3) is 0 Å². The minimum Gasteiger partial charge on any atom is -0.618 e. The molecule has 2 aromatic rings. The van der Waals surface area contributed by atoms with E-state index in [9.17, 15) is 18.4 Å². The van der Waals surface area contributed by atoms with Crippen LogP contribution in [0.4, 0.5) is 0 Å². The zero-order valence-electron chi connectivity index (χ0n) is 11.3. The van der Waals surface area contributed by atoms with Gasteiger partial charge in [-0.2, -0.15) is 4.73 Å². The van der Waals surface area contributed by atoms with Crippen molar-refractivity contribution in [3.05, 3.63) is 64.5 Å². The van der Waals surface area contributed by atoms with E-state index in [2.05, 4.69) is 0 Å². The van der Waals surface area contributed by atoms with Gasteiger partial charge in [0.05, 0.1) is 11.3 Å². The third-order valence-electron chi connectivity index (χ3n) is 2.75. The first-order valence-electron chi connectivity index (χ1n) is 6.24. The Morgan fingerprint density at radius 1 is 1.23 bits per heavy atom. The second-order valence-electron chi connectivity index (χ2n) is 4.33. The fourth-order valence-corrected chi connectivity index (χ4v) is 3.02. The molecule has 116 valence electrons. The maximum atomic E-state index is 12.0. The van der Waals surface area contributed by atoms with Crippen LogP contribution in [-0.2, 0) is 14.6 Å². The second kappa shape index (κ2) is 6.76. The highest BCUT2D eigenvalue weighted by Crippen LogP contribution is 2.12. The smallest absolute Gasteiger partial charge is 0.338 e. The Morgan fingerprint density at radius 3 is 2.68 bits per heavy atom. The van der Waals surface area contributed by atoms with Gasteiger partial charge >= 0.3 is 11.0 Å². The van der Waals surface area contributed by atoms with Gasteiger partial charge in [0.2, 0.25) is 9.84 Å². The predicted octanol–water partition coefficient (Wildman–Crippen LogP) is 1.60. The molecule has 0 saturated heterocycles. The average Bonchev–Trinajstić information content (AvgIpc) is 2.47. The lowest BCUT2D eigenvalue weighted by Gasteiger charge is -2.06. The molecule has 0 radical (unpaired) electrons. The van der Waals surface area contributed by atoms with Crippen LogP contribution in [0.1, 0.15) is 10.4 Å². The quantitative estimate of drug-likeness (QED) is 0.468. The number of aromatic nitrogens is 1. The van der Waals surface area contributed by atoms with Gasteiger partial charge in [0.1, 0.15) is 6.61 Å². The molecule has 0 amide bonds. The first kappa shape index (κ1) is 16.3. The Labute approximate surface area is 132 Å². The van der Waals surface area contributed by atoms with E-state index in [4.69, 9.17) is 16.3 Å². The number of benzene rings is 1. The molecule has 0 N–H and O–H groups in total. The molecule has 1 aromatic heterocycles. The SMILES string of the molecule is O=C(OCCS(=O)(=O)c1cccc[n+]1[O-])c1cccc(Cl)c1. The van der Waals surface area contributed by atoms with Crippen molar-refractivity contribution in [2.75, 3.05) is 12.4 Å². The van der Waals surface area contributed by atoms with E-state index < -0.39 is 21.6 Å². The maximum absolute atomic E-state index is 12.0. The normalized spacial score (nSPS) is 11.1. The Balaban J connectivity index is 1.99. The summed E-state index contributed by atoms with van der Waals surface area (Å²) < 4.78 is 29.1. The molecule has 2 rings (SSSR count). The lowest BCUT2D eigenvalue weighted by atomic mass is 10.2. The van der Waals surface area contributed by atoms with Crippen molar-refractivity contribution in [1.29, 1.82) is 0 Å². The number of hydrogen-bond acceptors (Lipinski definition) is 5. The van der Waals surface area contributed by atoms with Crippen LogP contribution < -0.4 is 4.73 Å². The molecule has 0 aliphatic heterocycles. The monoisotopic (exact) mass is 341 g/mol. The molecule has 0 aliphatic rings. The highest BCUT2D eigenvalue weighted by Gasteiger charge is 2.23. The Morgan fingerprint density at radius 2 is 2.00 bits per heavy atom. The number of rotatable bonds is 5. The number of sulfone groups is 1. The summed E-state index contributed by atoms with van der Waals surface area (Å²) in [5, 5.41) is 11.4. The summed E-state index contributed by atoms with van der Waals surface area (Å²) in [4.78, 5) is 11.7. The summed E-state index contributed by atoms with van der Waals surface area (Å²) in [7, 11) is -3.83. The van der Waals surface area contributed by atoms with Gasteiger partial charge in [-0.1, -0.05) is 17.7 Å². The molecule has 22 heavy (non-hydrogen) atoms. The Kier molecular flexibility index (Phi) is 4.99. The van der Waals surface area contributed by atoms with Crippen LogP contribution in [0.5, 0.6) is 0 Å². The molecule has 0 bridgehead atoms. The van der Waals surface area contributed by atoms with Crippen molar-refractivity contribution in [3.8, 4) is 0 Å². The molecular formula is C14H12ClNO5S. The van der Waals surface area contributed by atoms with Crippen molar-refractivity contribution in [3.63, 3.8) is 0 Å². The zero-order valence-corrected chi connectivity index (χ0v) is 12.9. The van der Waals surface area contributed by atoms with Gasteiger partial charge in [0.25, 0.3) is 0 Å². The van der Waals surface area contributed by atoms with Crippen molar-refractivity contribution in [2.24, 2.45) is 0 Å². The molecule has 0 aliphatic carbocycles. The number of pyridine rings is 1. The molecule has 0 fully saturated rings. The highest BCUT2D eigenvalue weighted by atomic mass is 35.5. The van der Waals surface area contributed by atoms with Crippen LogP contribution in [-0.4, -0.2) is 26.7 Å². The summed E-state index contributed by atoms with van der Waals surface area (Å²) in [5.41, 5.74) is 0.225. The zero-order chi connectivity index (χ0) is 16.2. The summed E-state index contributed by atoms with van der Waals surface area (Å²) in [6.07, 6.45) is 1.09. The van der Waals surface area contributed by atoms with Gasteiger partial charge in [-0.25, -0.2) is 13.2 Å². The third kappa shape index (κ3) is 3.96. The highest BCUT2D eigenvalue weighted by molar-refractivity contribution is 7.91.